The first kappa shape index (κ1) is 29.8. The fraction of sp³-hybridized carbons (Fsp3) is 0.114. The third-order valence-electron chi connectivity index (χ3n) is 7.16. The van der Waals surface area contributed by atoms with E-state index < -0.39 is 12.0 Å². The Morgan fingerprint density at radius 1 is 0.933 bits per heavy atom. The van der Waals surface area contributed by atoms with Crippen molar-refractivity contribution >= 4 is 40.0 Å². The molecule has 10 heteroatoms. The molecule has 3 N–H and O–H groups in total. The molecule has 4 aromatic carbocycles. The van der Waals surface area contributed by atoms with E-state index >= 15 is 0 Å². The van der Waals surface area contributed by atoms with Gasteiger partial charge in [-0.3, -0.25) is 10.1 Å². The van der Waals surface area contributed by atoms with Gasteiger partial charge in [-0.2, -0.15) is 0 Å². The average Bonchev–Trinajstić information content (AvgIpc) is 3.52. The number of hydrogen-bond acceptors (Lipinski definition) is 7. The van der Waals surface area contributed by atoms with Crippen molar-refractivity contribution in [1.82, 2.24) is 15.3 Å². The van der Waals surface area contributed by atoms with E-state index in [1.807, 2.05) is 66.7 Å². The number of carboxylic acids is 1. The monoisotopic (exact) mass is 622 g/mol. The summed E-state index contributed by atoms with van der Waals surface area (Å²) in [6.07, 6.45) is 1.84. The lowest BCUT2D eigenvalue weighted by molar-refractivity contribution is -0.139. The lowest BCUT2D eigenvalue weighted by atomic mass is 10.1. The van der Waals surface area contributed by atoms with Crippen LogP contribution in [0.3, 0.4) is 0 Å². The van der Waals surface area contributed by atoms with Crippen molar-refractivity contribution < 1.29 is 23.4 Å². The molecule has 1 atom stereocenters. The van der Waals surface area contributed by atoms with Gasteiger partial charge in [0.05, 0.1) is 17.1 Å². The van der Waals surface area contributed by atoms with Gasteiger partial charge in [0.1, 0.15) is 47.9 Å². The lowest BCUT2D eigenvalue weighted by Gasteiger charge is -2.13. The lowest BCUT2D eigenvalue weighted by Crippen LogP contribution is -2.38. The Hall–Kier alpha value is -5.25. The first-order valence-electron chi connectivity index (χ1n) is 14.2. The predicted octanol–water partition coefficient (Wildman–Crippen LogP) is 7.79. The summed E-state index contributed by atoms with van der Waals surface area (Å²) in [6, 6.07) is 29.6. The molecule has 0 radical (unpaired) electrons. The molecule has 2 aromatic heterocycles. The molecule has 0 saturated carbocycles. The first-order valence-corrected chi connectivity index (χ1v) is 14.6. The number of benzene rings is 4. The molecular formula is C35H28ClFN4O4. The maximum atomic E-state index is 13.5. The number of nitrogens with one attached hydrogen (secondary N) is 2. The number of furan rings is 1. The standard InChI is InChI=1S/C35H28ClFN4O4/c36-29-18-26(10-13-33(29)44-20-23-7-4-8-25(37)15-23)41-34-28-17-24(9-12-30(28)39-21-40-34)32-14-11-27(45-32)19-38-31(35(42)43)16-22-5-2-1-3-6-22/h1-15,17-18,21,31,38H,16,19-20H2,(H,42,43)(H,39,40,41). The average molecular weight is 623 g/mol. The van der Waals surface area contributed by atoms with Crippen LogP contribution in [0.2, 0.25) is 5.02 Å². The largest absolute Gasteiger partial charge is 0.487 e. The minimum Gasteiger partial charge on any atom is -0.487 e. The van der Waals surface area contributed by atoms with Crippen LogP contribution in [-0.4, -0.2) is 27.1 Å². The second-order valence-corrected chi connectivity index (χ2v) is 10.8. The van der Waals surface area contributed by atoms with E-state index in [9.17, 15) is 14.3 Å². The quantitative estimate of drug-likeness (QED) is 0.127. The van der Waals surface area contributed by atoms with Crippen molar-refractivity contribution in [2.45, 2.75) is 25.6 Å². The molecule has 0 aliphatic heterocycles. The van der Waals surface area contributed by atoms with E-state index in [1.165, 1.54) is 18.5 Å². The molecule has 0 bridgehead atoms. The number of halogens is 2. The topological polar surface area (TPSA) is 110 Å². The van der Waals surface area contributed by atoms with E-state index in [0.717, 1.165) is 22.0 Å². The summed E-state index contributed by atoms with van der Waals surface area (Å²) in [4.78, 5) is 20.7. The van der Waals surface area contributed by atoms with Crippen molar-refractivity contribution in [3.8, 4) is 17.1 Å². The molecule has 8 nitrogen and oxygen atoms in total. The van der Waals surface area contributed by atoms with Crippen molar-refractivity contribution in [3.05, 3.63) is 137 Å². The Labute approximate surface area is 263 Å². The van der Waals surface area contributed by atoms with Crippen molar-refractivity contribution in [3.63, 3.8) is 0 Å². The normalized spacial score (nSPS) is 11.8. The summed E-state index contributed by atoms with van der Waals surface area (Å²) in [7, 11) is 0. The van der Waals surface area contributed by atoms with E-state index in [2.05, 4.69) is 20.6 Å². The highest BCUT2D eigenvalue weighted by Gasteiger charge is 2.18. The number of carbonyl (C=O) groups is 1. The van der Waals surface area contributed by atoms with E-state index in [1.54, 1.807) is 24.3 Å². The Morgan fingerprint density at radius 2 is 1.78 bits per heavy atom. The van der Waals surface area contributed by atoms with Crippen LogP contribution in [0, 0.1) is 5.82 Å². The van der Waals surface area contributed by atoms with Crippen LogP contribution in [0.5, 0.6) is 5.75 Å². The molecule has 45 heavy (non-hydrogen) atoms. The summed E-state index contributed by atoms with van der Waals surface area (Å²) in [5.74, 6) is 1.04. The molecular weight excluding hydrogens is 595 g/mol. The Kier molecular flexibility index (Phi) is 9.00. The fourth-order valence-electron chi connectivity index (χ4n) is 4.88. The summed E-state index contributed by atoms with van der Waals surface area (Å²) < 4.78 is 25.4. The van der Waals surface area contributed by atoms with Gasteiger partial charge in [0.15, 0.2) is 0 Å². The van der Waals surface area contributed by atoms with Crippen LogP contribution in [0.25, 0.3) is 22.2 Å². The Morgan fingerprint density at radius 3 is 2.58 bits per heavy atom. The van der Waals surface area contributed by atoms with Crippen LogP contribution in [0.15, 0.2) is 114 Å². The number of fused-ring (bicyclic) bond motifs is 1. The Balaban J connectivity index is 1.15. The molecule has 0 amide bonds. The second-order valence-electron chi connectivity index (χ2n) is 10.4. The molecule has 0 aliphatic carbocycles. The van der Waals surface area contributed by atoms with Gasteiger partial charge in [-0.05, 0) is 78.2 Å². The molecule has 6 rings (SSSR count). The SMILES string of the molecule is O=C(O)C(Cc1ccccc1)NCc1ccc(-c2ccc3ncnc(Nc4ccc(OCc5cccc(F)c5)c(Cl)c4)c3c2)o1. The van der Waals surface area contributed by atoms with E-state index in [-0.39, 0.29) is 19.0 Å². The summed E-state index contributed by atoms with van der Waals surface area (Å²) >= 11 is 6.50. The third-order valence-corrected chi connectivity index (χ3v) is 7.46. The maximum absolute atomic E-state index is 13.5. The number of aromatic nitrogens is 2. The number of nitrogens with zero attached hydrogens (tertiary/aromatic N) is 2. The van der Waals surface area contributed by atoms with Gasteiger partial charge in [0.25, 0.3) is 0 Å². The first-order chi connectivity index (χ1) is 21.9. The number of hydrogen-bond donors (Lipinski definition) is 3. The van der Waals surface area contributed by atoms with Gasteiger partial charge >= 0.3 is 5.97 Å². The van der Waals surface area contributed by atoms with Gasteiger partial charge in [-0.15, -0.1) is 0 Å². The van der Waals surface area contributed by atoms with Gasteiger partial charge in [-0.1, -0.05) is 54.1 Å². The fourth-order valence-corrected chi connectivity index (χ4v) is 5.11. The molecule has 2 heterocycles. The predicted molar refractivity (Wildman–Crippen MR) is 171 cm³/mol. The zero-order valence-electron chi connectivity index (χ0n) is 23.9. The highest BCUT2D eigenvalue weighted by molar-refractivity contribution is 6.32. The Bertz CT molecular complexity index is 1950. The van der Waals surface area contributed by atoms with E-state index in [4.69, 9.17) is 20.8 Å². The zero-order chi connectivity index (χ0) is 31.2. The van der Waals surface area contributed by atoms with Gasteiger partial charge in [-0.25, -0.2) is 14.4 Å². The number of aliphatic carboxylic acids is 1. The van der Waals surface area contributed by atoms with Crippen LogP contribution in [0.4, 0.5) is 15.9 Å². The van der Waals surface area contributed by atoms with Gasteiger partial charge in [0.2, 0.25) is 0 Å². The highest BCUT2D eigenvalue weighted by atomic mass is 35.5. The van der Waals surface area contributed by atoms with Crippen LogP contribution >= 0.6 is 11.6 Å². The summed E-state index contributed by atoms with van der Waals surface area (Å²) in [5, 5.41) is 17.2. The molecule has 6 aromatic rings. The smallest absolute Gasteiger partial charge is 0.321 e. The zero-order valence-corrected chi connectivity index (χ0v) is 24.7. The van der Waals surface area contributed by atoms with Crippen molar-refractivity contribution in [2.24, 2.45) is 0 Å². The molecule has 0 fully saturated rings. The second kappa shape index (κ2) is 13.6. The van der Waals surface area contributed by atoms with Crippen LogP contribution in [0.1, 0.15) is 16.9 Å². The number of carboxylic acid groups (broad SMARTS) is 1. The highest BCUT2D eigenvalue weighted by Crippen LogP contribution is 2.33. The van der Waals surface area contributed by atoms with E-state index in [0.29, 0.717) is 45.8 Å². The minimum absolute atomic E-state index is 0.183. The van der Waals surface area contributed by atoms with Gasteiger partial charge < -0.3 is 19.6 Å². The molecule has 1 unspecified atom stereocenters. The van der Waals surface area contributed by atoms with Crippen LogP contribution in [-0.2, 0) is 24.4 Å². The number of ether oxygens (including phenoxy) is 1. The number of anilines is 2. The third kappa shape index (κ3) is 7.46. The molecule has 0 saturated heterocycles. The van der Waals surface area contributed by atoms with Crippen molar-refractivity contribution in [2.75, 3.05) is 5.32 Å². The minimum atomic E-state index is -0.924. The molecule has 0 spiro atoms. The number of rotatable bonds is 12. The van der Waals surface area contributed by atoms with Crippen LogP contribution < -0.4 is 15.4 Å². The summed E-state index contributed by atoms with van der Waals surface area (Å²) in [6.45, 7) is 0.442. The van der Waals surface area contributed by atoms with Crippen molar-refractivity contribution in [1.29, 1.82) is 0 Å². The molecule has 0 aliphatic rings. The summed E-state index contributed by atoms with van der Waals surface area (Å²) in [5.41, 5.74) is 3.87. The van der Waals surface area contributed by atoms with Gasteiger partial charge in [0, 0.05) is 16.6 Å². The molecule has 226 valence electrons. The maximum Gasteiger partial charge on any atom is 0.321 e.